The second-order valence-electron chi connectivity index (χ2n) is 6.45. The van der Waals surface area contributed by atoms with Crippen molar-refractivity contribution >= 4 is 15.7 Å². The molecule has 0 saturated carbocycles. The molecule has 0 aliphatic carbocycles. The Morgan fingerprint density at radius 1 is 1.00 bits per heavy atom. The average Bonchev–Trinajstić information content (AvgIpc) is 2.96. The van der Waals surface area contributed by atoms with Gasteiger partial charge < -0.3 is 5.32 Å². The third-order valence-corrected chi connectivity index (χ3v) is 6.45. The highest BCUT2D eigenvalue weighted by molar-refractivity contribution is 7.91. The Labute approximate surface area is 142 Å². The molecule has 1 amide bonds. The molecule has 0 radical (unpaired) electrons. The van der Waals surface area contributed by atoms with Crippen molar-refractivity contribution in [3.63, 3.8) is 0 Å². The van der Waals surface area contributed by atoms with Crippen molar-refractivity contribution in [1.29, 1.82) is 0 Å². The van der Waals surface area contributed by atoms with Crippen molar-refractivity contribution < 1.29 is 13.2 Å². The van der Waals surface area contributed by atoms with Crippen LogP contribution in [0.2, 0.25) is 0 Å². The minimum absolute atomic E-state index is 0.0571. The fourth-order valence-corrected chi connectivity index (χ4v) is 4.95. The Morgan fingerprint density at radius 2 is 1.50 bits per heavy atom. The largest absolute Gasteiger partial charge is 0.342 e. The topological polar surface area (TPSA) is 63.2 Å². The minimum atomic E-state index is -3.09. The van der Waals surface area contributed by atoms with Gasteiger partial charge in [0.1, 0.15) is 0 Å². The number of nitrogens with one attached hydrogen (secondary N) is 1. The van der Waals surface area contributed by atoms with Crippen molar-refractivity contribution in [2.24, 2.45) is 5.92 Å². The Bertz CT molecular complexity index is 777. The van der Waals surface area contributed by atoms with Gasteiger partial charge in [0.05, 0.1) is 23.0 Å². The van der Waals surface area contributed by atoms with Gasteiger partial charge in [0.2, 0.25) is 5.91 Å². The zero-order chi connectivity index (χ0) is 17.2. The molecule has 1 saturated heterocycles. The van der Waals surface area contributed by atoms with E-state index < -0.39 is 21.3 Å². The van der Waals surface area contributed by atoms with Crippen LogP contribution in [-0.4, -0.2) is 25.8 Å². The van der Waals surface area contributed by atoms with Crippen LogP contribution in [0, 0.1) is 5.92 Å². The Kier molecular flexibility index (Phi) is 4.45. The molecule has 2 aromatic carbocycles. The molecule has 1 heterocycles. The number of carbonyl (C=O) groups excluding carboxylic acids is 1. The standard InChI is InChI=1S/C19H21NO3S/c1-19(16-8-4-2-5-9-16,17-10-6-3-7-11-17)20-18(21)15-12-13-24(22,23)14-15/h2-11,15H,12-14H2,1H3,(H,20,21). The van der Waals surface area contributed by atoms with Crippen molar-refractivity contribution in [3.8, 4) is 0 Å². The molecule has 126 valence electrons. The lowest BCUT2D eigenvalue weighted by Crippen LogP contribution is -2.47. The first-order chi connectivity index (χ1) is 11.4. The molecule has 4 nitrogen and oxygen atoms in total. The third-order valence-electron chi connectivity index (χ3n) is 4.68. The summed E-state index contributed by atoms with van der Waals surface area (Å²) in [6.45, 7) is 1.96. The highest BCUT2D eigenvalue weighted by atomic mass is 32.2. The third kappa shape index (κ3) is 3.36. The fraction of sp³-hybridized carbons (Fsp3) is 0.316. The molecule has 1 aliphatic rings. The summed E-state index contributed by atoms with van der Waals surface area (Å²) in [5.41, 5.74) is 1.22. The van der Waals surface area contributed by atoms with Crippen LogP contribution in [0.15, 0.2) is 60.7 Å². The Balaban J connectivity index is 1.93. The quantitative estimate of drug-likeness (QED) is 0.928. The van der Waals surface area contributed by atoms with Crippen LogP contribution in [0.4, 0.5) is 0 Å². The van der Waals surface area contributed by atoms with E-state index in [2.05, 4.69) is 5.32 Å². The van der Waals surface area contributed by atoms with E-state index in [1.54, 1.807) is 0 Å². The summed E-state index contributed by atoms with van der Waals surface area (Å²) in [5.74, 6) is -0.634. The number of amides is 1. The molecular weight excluding hydrogens is 322 g/mol. The number of rotatable bonds is 4. The van der Waals surface area contributed by atoms with E-state index in [4.69, 9.17) is 0 Å². The molecular formula is C19H21NO3S. The predicted molar refractivity (Wildman–Crippen MR) is 94.2 cm³/mol. The normalized spacial score (nSPS) is 19.8. The van der Waals surface area contributed by atoms with Crippen LogP contribution in [0.5, 0.6) is 0 Å². The van der Waals surface area contributed by atoms with Crippen molar-refractivity contribution in [2.75, 3.05) is 11.5 Å². The van der Waals surface area contributed by atoms with Gasteiger partial charge in [0, 0.05) is 0 Å². The highest BCUT2D eigenvalue weighted by Gasteiger charge is 2.37. The van der Waals surface area contributed by atoms with E-state index in [1.165, 1.54) is 0 Å². The summed E-state index contributed by atoms with van der Waals surface area (Å²) in [6, 6.07) is 19.5. The molecule has 1 atom stereocenters. The van der Waals surface area contributed by atoms with Gasteiger partial charge in [0.25, 0.3) is 0 Å². The molecule has 24 heavy (non-hydrogen) atoms. The first kappa shape index (κ1) is 16.7. The molecule has 5 heteroatoms. The van der Waals surface area contributed by atoms with Crippen molar-refractivity contribution in [2.45, 2.75) is 18.9 Å². The summed E-state index contributed by atoms with van der Waals surface area (Å²) < 4.78 is 23.3. The molecule has 0 bridgehead atoms. The van der Waals surface area contributed by atoms with Gasteiger partial charge in [-0.05, 0) is 24.5 Å². The van der Waals surface area contributed by atoms with E-state index in [0.717, 1.165) is 11.1 Å². The van der Waals surface area contributed by atoms with E-state index in [9.17, 15) is 13.2 Å². The number of hydrogen-bond acceptors (Lipinski definition) is 3. The molecule has 3 rings (SSSR count). The van der Waals surface area contributed by atoms with Gasteiger partial charge in [-0.1, -0.05) is 60.7 Å². The number of carbonyl (C=O) groups is 1. The molecule has 1 aliphatic heterocycles. The zero-order valence-corrected chi connectivity index (χ0v) is 14.4. The molecule has 1 fully saturated rings. The number of hydrogen-bond donors (Lipinski definition) is 1. The zero-order valence-electron chi connectivity index (χ0n) is 13.6. The molecule has 0 aromatic heterocycles. The molecule has 1 unspecified atom stereocenters. The summed E-state index contributed by atoms with van der Waals surface area (Å²) in [5, 5.41) is 3.10. The Hall–Kier alpha value is -2.14. The fourth-order valence-electron chi connectivity index (χ4n) is 3.20. The van der Waals surface area contributed by atoms with Gasteiger partial charge >= 0.3 is 0 Å². The first-order valence-electron chi connectivity index (χ1n) is 8.04. The van der Waals surface area contributed by atoms with Gasteiger partial charge in [-0.15, -0.1) is 0 Å². The van der Waals surface area contributed by atoms with E-state index in [0.29, 0.717) is 6.42 Å². The van der Waals surface area contributed by atoms with Gasteiger partial charge in [0.15, 0.2) is 9.84 Å². The van der Waals surface area contributed by atoms with Gasteiger partial charge in [-0.2, -0.15) is 0 Å². The summed E-state index contributed by atoms with van der Waals surface area (Å²) >= 11 is 0. The maximum Gasteiger partial charge on any atom is 0.225 e. The van der Waals surface area contributed by atoms with E-state index in [-0.39, 0.29) is 17.4 Å². The molecule has 2 aromatic rings. The summed E-state index contributed by atoms with van der Waals surface area (Å²) in [4.78, 5) is 12.7. The van der Waals surface area contributed by atoms with Crippen LogP contribution in [-0.2, 0) is 20.2 Å². The van der Waals surface area contributed by atoms with Crippen LogP contribution in [0.25, 0.3) is 0 Å². The summed E-state index contributed by atoms with van der Waals surface area (Å²) in [7, 11) is -3.09. The Morgan fingerprint density at radius 3 is 1.92 bits per heavy atom. The van der Waals surface area contributed by atoms with Crippen LogP contribution in [0.3, 0.4) is 0 Å². The van der Waals surface area contributed by atoms with Gasteiger partial charge in [-0.25, -0.2) is 8.42 Å². The maximum atomic E-state index is 12.7. The predicted octanol–water partition coefficient (Wildman–Crippen LogP) is 2.50. The number of benzene rings is 2. The van der Waals surface area contributed by atoms with Crippen molar-refractivity contribution in [1.82, 2.24) is 5.32 Å². The second kappa shape index (κ2) is 6.40. The second-order valence-corrected chi connectivity index (χ2v) is 8.67. The lowest BCUT2D eigenvalue weighted by molar-refractivity contribution is -0.125. The smallest absolute Gasteiger partial charge is 0.225 e. The molecule has 0 spiro atoms. The van der Waals surface area contributed by atoms with E-state index >= 15 is 0 Å². The van der Waals surface area contributed by atoms with Gasteiger partial charge in [-0.3, -0.25) is 4.79 Å². The highest BCUT2D eigenvalue weighted by Crippen LogP contribution is 2.30. The monoisotopic (exact) mass is 343 g/mol. The van der Waals surface area contributed by atoms with Crippen LogP contribution >= 0.6 is 0 Å². The molecule has 1 N–H and O–H groups in total. The first-order valence-corrected chi connectivity index (χ1v) is 9.86. The average molecular weight is 343 g/mol. The van der Waals surface area contributed by atoms with E-state index in [1.807, 2.05) is 67.6 Å². The van der Waals surface area contributed by atoms with Crippen LogP contribution < -0.4 is 5.32 Å². The van der Waals surface area contributed by atoms with Crippen molar-refractivity contribution in [3.05, 3.63) is 71.8 Å². The van der Waals surface area contributed by atoms with Crippen LogP contribution in [0.1, 0.15) is 24.5 Å². The summed E-state index contributed by atoms with van der Waals surface area (Å²) in [6.07, 6.45) is 0.397. The lowest BCUT2D eigenvalue weighted by atomic mass is 9.84. The maximum absolute atomic E-state index is 12.7. The minimum Gasteiger partial charge on any atom is -0.342 e. The SMILES string of the molecule is CC(NC(=O)C1CCS(=O)(=O)C1)(c1ccccc1)c1ccccc1. The lowest BCUT2D eigenvalue weighted by Gasteiger charge is -2.33. The number of sulfone groups is 1.